The fraction of sp³-hybridized carbons (Fsp3) is 0.476. The highest BCUT2D eigenvalue weighted by atomic mass is 16.5. The van der Waals surface area contributed by atoms with Crippen LogP contribution in [0.3, 0.4) is 0 Å². The summed E-state index contributed by atoms with van der Waals surface area (Å²) in [7, 11) is 0. The number of allylic oxidation sites excluding steroid dienone is 1. The van der Waals surface area contributed by atoms with Gasteiger partial charge in [0.1, 0.15) is 0 Å². The van der Waals surface area contributed by atoms with Gasteiger partial charge in [-0.05, 0) is 49.1 Å². The highest BCUT2D eigenvalue weighted by molar-refractivity contribution is 6.07. The Morgan fingerprint density at radius 1 is 1.27 bits per heavy atom. The Kier molecular flexibility index (Phi) is 4.98. The molecule has 2 heterocycles. The first-order valence-electron chi connectivity index (χ1n) is 9.55. The normalized spacial score (nSPS) is 24.3. The van der Waals surface area contributed by atoms with Crippen LogP contribution in [0.1, 0.15) is 49.8 Å². The van der Waals surface area contributed by atoms with Crippen molar-refractivity contribution in [2.75, 3.05) is 13.2 Å². The number of benzene rings is 1. The monoisotopic (exact) mass is 350 g/mol. The van der Waals surface area contributed by atoms with Gasteiger partial charge in [0.25, 0.3) is 0 Å². The van der Waals surface area contributed by atoms with Gasteiger partial charge in [-0.3, -0.25) is 4.98 Å². The Morgan fingerprint density at radius 2 is 2.08 bits per heavy atom. The van der Waals surface area contributed by atoms with E-state index in [1.54, 1.807) is 6.20 Å². The molecule has 4 rings (SSSR count). The van der Waals surface area contributed by atoms with Crippen molar-refractivity contribution in [2.45, 2.75) is 44.6 Å². The Bertz CT molecular complexity index is 820. The molecule has 1 aliphatic carbocycles. The average molecular weight is 350 g/mol. The molecule has 0 bridgehead atoms. The third kappa shape index (κ3) is 3.49. The smallest absolute Gasteiger partial charge is 0.0922 e. The molecule has 5 heteroatoms. The van der Waals surface area contributed by atoms with Gasteiger partial charge in [-0.1, -0.05) is 19.1 Å². The fourth-order valence-electron chi connectivity index (χ4n) is 3.98. The molecule has 2 aliphatic rings. The van der Waals surface area contributed by atoms with E-state index in [0.29, 0.717) is 12.0 Å². The van der Waals surface area contributed by atoms with E-state index in [1.165, 1.54) is 24.6 Å². The zero-order valence-electron chi connectivity index (χ0n) is 15.2. The second-order valence-electron chi connectivity index (χ2n) is 7.54. The van der Waals surface area contributed by atoms with Crippen molar-refractivity contribution in [1.29, 1.82) is 5.41 Å². The van der Waals surface area contributed by atoms with E-state index in [0.717, 1.165) is 54.3 Å². The van der Waals surface area contributed by atoms with Crippen LogP contribution < -0.4 is 5.32 Å². The van der Waals surface area contributed by atoms with Gasteiger partial charge in [0.15, 0.2) is 0 Å². The number of aromatic nitrogens is 2. The number of fused-ring (bicyclic) bond motifs is 1. The maximum absolute atomic E-state index is 7.75. The summed E-state index contributed by atoms with van der Waals surface area (Å²) in [5.41, 5.74) is 4.67. The molecule has 1 saturated carbocycles. The largest absolute Gasteiger partial charge is 0.388 e. The summed E-state index contributed by atoms with van der Waals surface area (Å²) in [6.07, 6.45) is 9.54. The zero-order valence-corrected chi connectivity index (χ0v) is 15.2. The van der Waals surface area contributed by atoms with E-state index in [1.807, 2.05) is 12.3 Å². The summed E-state index contributed by atoms with van der Waals surface area (Å²) in [5, 5.41) is 11.2. The minimum Gasteiger partial charge on any atom is -0.388 e. The van der Waals surface area contributed by atoms with Crippen molar-refractivity contribution in [3.8, 4) is 0 Å². The summed E-state index contributed by atoms with van der Waals surface area (Å²) in [5.74, 6) is 1.29. The molecular formula is C21H26N4O. The molecule has 0 amide bonds. The molecule has 136 valence electrons. The van der Waals surface area contributed by atoms with Crippen molar-refractivity contribution in [3.05, 3.63) is 41.9 Å². The molecule has 0 atom stereocenters. The van der Waals surface area contributed by atoms with Crippen molar-refractivity contribution in [3.63, 3.8) is 0 Å². The molecule has 1 saturated heterocycles. The number of hydrogen-bond acceptors (Lipinski definition) is 5. The van der Waals surface area contributed by atoms with E-state index >= 15 is 0 Å². The third-order valence-electron chi connectivity index (χ3n) is 5.56. The Morgan fingerprint density at radius 3 is 2.81 bits per heavy atom. The lowest BCUT2D eigenvalue weighted by molar-refractivity contribution is 0.0856. The SMILES string of the molecule is CC1CC(N/C=C(\C=N)c2cnc3c(C4CCOCC4)cccc3n2)C1. The van der Waals surface area contributed by atoms with Crippen molar-refractivity contribution in [1.82, 2.24) is 15.3 Å². The lowest BCUT2D eigenvalue weighted by atomic mass is 9.82. The van der Waals surface area contributed by atoms with Crippen molar-refractivity contribution in [2.24, 2.45) is 5.92 Å². The van der Waals surface area contributed by atoms with Gasteiger partial charge < -0.3 is 15.5 Å². The minimum absolute atomic E-state index is 0.493. The summed E-state index contributed by atoms with van der Waals surface area (Å²) in [4.78, 5) is 9.51. The van der Waals surface area contributed by atoms with Crippen LogP contribution in [-0.4, -0.2) is 35.4 Å². The molecule has 26 heavy (non-hydrogen) atoms. The fourth-order valence-corrected chi connectivity index (χ4v) is 3.98. The Hall–Kier alpha value is -2.27. The van der Waals surface area contributed by atoms with E-state index in [-0.39, 0.29) is 0 Å². The number of ether oxygens (including phenoxy) is 1. The van der Waals surface area contributed by atoms with Gasteiger partial charge >= 0.3 is 0 Å². The third-order valence-corrected chi connectivity index (χ3v) is 5.56. The summed E-state index contributed by atoms with van der Waals surface area (Å²) in [6, 6.07) is 6.76. The quantitative estimate of drug-likeness (QED) is 0.802. The van der Waals surface area contributed by atoms with Crippen LogP contribution in [0.4, 0.5) is 0 Å². The van der Waals surface area contributed by atoms with E-state index in [2.05, 4.69) is 24.4 Å². The highest BCUT2D eigenvalue weighted by Crippen LogP contribution is 2.31. The molecule has 2 N–H and O–H groups in total. The van der Waals surface area contributed by atoms with Crippen LogP contribution in [0.25, 0.3) is 16.6 Å². The Labute approximate surface area is 154 Å². The standard InChI is InChI=1S/C21H26N4O/c1-14-9-17(10-14)23-12-16(11-22)20-13-24-21-18(3-2-4-19(21)25-20)15-5-7-26-8-6-15/h2-4,11-15,17,22-23H,5-10H2,1H3/b16-12+,22-11?. The average Bonchev–Trinajstić information content (AvgIpc) is 2.67. The van der Waals surface area contributed by atoms with Gasteiger partial charge in [-0.25, -0.2) is 4.98 Å². The van der Waals surface area contributed by atoms with Gasteiger partial charge in [0.2, 0.25) is 0 Å². The molecule has 2 aromatic rings. The molecule has 1 aromatic heterocycles. The highest BCUT2D eigenvalue weighted by Gasteiger charge is 2.24. The first-order chi connectivity index (χ1) is 12.7. The van der Waals surface area contributed by atoms with E-state index in [9.17, 15) is 0 Å². The van der Waals surface area contributed by atoms with E-state index in [4.69, 9.17) is 20.1 Å². The number of para-hydroxylation sites is 1. The molecule has 1 aliphatic heterocycles. The molecular weight excluding hydrogens is 324 g/mol. The van der Waals surface area contributed by atoms with Gasteiger partial charge in [0, 0.05) is 37.2 Å². The topological polar surface area (TPSA) is 70.9 Å². The van der Waals surface area contributed by atoms with Crippen LogP contribution in [0.2, 0.25) is 0 Å². The maximum Gasteiger partial charge on any atom is 0.0922 e. The van der Waals surface area contributed by atoms with Gasteiger partial charge in [-0.15, -0.1) is 0 Å². The summed E-state index contributed by atoms with van der Waals surface area (Å²) >= 11 is 0. The van der Waals surface area contributed by atoms with Crippen molar-refractivity contribution < 1.29 is 4.74 Å². The van der Waals surface area contributed by atoms with Crippen LogP contribution in [0.15, 0.2) is 30.6 Å². The number of nitrogens with zero attached hydrogens (tertiary/aromatic N) is 2. The maximum atomic E-state index is 7.75. The lowest BCUT2D eigenvalue weighted by Crippen LogP contribution is -2.37. The first kappa shape index (κ1) is 17.2. The molecule has 0 unspecified atom stereocenters. The Balaban J connectivity index is 1.60. The number of rotatable bonds is 5. The molecule has 5 nitrogen and oxygen atoms in total. The number of nitrogens with one attached hydrogen (secondary N) is 2. The number of hydrogen-bond donors (Lipinski definition) is 2. The van der Waals surface area contributed by atoms with Crippen LogP contribution in [-0.2, 0) is 4.74 Å². The molecule has 0 spiro atoms. The van der Waals surface area contributed by atoms with Gasteiger partial charge in [-0.2, -0.15) is 0 Å². The molecule has 2 fully saturated rings. The van der Waals surface area contributed by atoms with Gasteiger partial charge in [0.05, 0.1) is 22.9 Å². The first-order valence-corrected chi connectivity index (χ1v) is 9.55. The van der Waals surface area contributed by atoms with Crippen LogP contribution in [0, 0.1) is 11.3 Å². The van der Waals surface area contributed by atoms with Crippen LogP contribution in [0.5, 0.6) is 0 Å². The van der Waals surface area contributed by atoms with E-state index < -0.39 is 0 Å². The molecule has 0 radical (unpaired) electrons. The second kappa shape index (κ2) is 7.54. The van der Waals surface area contributed by atoms with Crippen LogP contribution >= 0.6 is 0 Å². The summed E-state index contributed by atoms with van der Waals surface area (Å²) < 4.78 is 5.49. The zero-order chi connectivity index (χ0) is 17.9. The lowest BCUT2D eigenvalue weighted by Gasteiger charge is -2.33. The minimum atomic E-state index is 0.493. The van der Waals surface area contributed by atoms with Crippen molar-refractivity contribution >= 4 is 22.8 Å². The predicted molar refractivity (Wildman–Crippen MR) is 104 cm³/mol. The predicted octanol–water partition coefficient (Wildman–Crippen LogP) is 3.90. The second-order valence-corrected chi connectivity index (χ2v) is 7.54. The summed E-state index contributed by atoms with van der Waals surface area (Å²) in [6.45, 7) is 3.90. The molecule has 1 aromatic carbocycles.